The average Bonchev–Trinajstić information content (AvgIpc) is 2.54. The number of aromatic hydroxyl groups is 1. The van der Waals surface area contributed by atoms with E-state index in [1.807, 2.05) is 30.3 Å². The molecule has 116 valence electrons. The fourth-order valence-corrected chi connectivity index (χ4v) is 2.34. The molecule has 2 aromatic carbocycles. The van der Waals surface area contributed by atoms with Gasteiger partial charge in [0.1, 0.15) is 5.75 Å². The number of rotatable bonds is 6. The summed E-state index contributed by atoms with van der Waals surface area (Å²) in [5.74, 6) is -0.0500. The van der Waals surface area contributed by atoms with Gasteiger partial charge in [-0.25, -0.2) is 0 Å². The van der Waals surface area contributed by atoms with Crippen LogP contribution in [0.15, 0.2) is 48.5 Å². The second kappa shape index (κ2) is 7.61. The molecule has 1 atom stereocenters. The Bertz CT molecular complexity index is 625. The summed E-state index contributed by atoms with van der Waals surface area (Å²) in [6.07, 6.45) is 0.587. The normalized spacial score (nSPS) is 11.9. The molecule has 0 saturated carbocycles. The number of amides is 1. The third kappa shape index (κ3) is 4.09. The molecule has 0 spiro atoms. The number of nitrogens with one attached hydrogen (secondary N) is 1. The standard InChI is InChI=1S/C18H21NO3/c1-13-7-8-15(11-17(13)21)18(22)19-12-16(9-10-20)14-5-3-2-4-6-14/h2-8,11,16,20-21H,9-10,12H2,1H3,(H,19,22). The predicted molar refractivity (Wildman–Crippen MR) is 86.1 cm³/mol. The van der Waals surface area contributed by atoms with Gasteiger partial charge in [-0.1, -0.05) is 36.4 Å². The van der Waals surface area contributed by atoms with E-state index in [9.17, 15) is 15.0 Å². The zero-order chi connectivity index (χ0) is 15.9. The van der Waals surface area contributed by atoms with Gasteiger partial charge in [-0.3, -0.25) is 4.79 Å². The van der Waals surface area contributed by atoms with Crippen molar-refractivity contribution < 1.29 is 15.0 Å². The van der Waals surface area contributed by atoms with Crippen molar-refractivity contribution in [3.8, 4) is 5.75 Å². The third-order valence-electron chi connectivity index (χ3n) is 3.73. The average molecular weight is 299 g/mol. The summed E-state index contributed by atoms with van der Waals surface area (Å²) in [5, 5.41) is 21.7. The lowest BCUT2D eigenvalue weighted by molar-refractivity contribution is 0.0949. The van der Waals surface area contributed by atoms with Crippen LogP contribution in [0.4, 0.5) is 0 Å². The summed E-state index contributed by atoms with van der Waals surface area (Å²) in [7, 11) is 0. The molecule has 22 heavy (non-hydrogen) atoms. The van der Waals surface area contributed by atoms with Crippen molar-refractivity contribution in [3.63, 3.8) is 0 Å². The second-order valence-electron chi connectivity index (χ2n) is 5.33. The van der Waals surface area contributed by atoms with Crippen molar-refractivity contribution in [2.24, 2.45) is 0 Å². The molecule has 1 amide bonds. The topological polar surface area (TPSA) is 69.6 Å². The lowest BCUT2D eigenvalue weighted by Gasteiger charge is -2.17. The zero-order valence-electron chi connectivity index (χ0n) is 12.6. The van der Waals surface area contributed by atoms with Gasteiger partial charge in [-0.2, -0.15) is 0 Å². The molecule has 3 N–H and O–H groups in total. The number of aliphatic hydroxyl groups excluding tert-OH is 1. The van der Waals surface area contributed by atoms with E-state index < -0.39 is 0 Å². The van der Waals surface area contributed by atoms with E-state index in [0.29, 0.717) is 18.5 Å². The van der Waals surface area contributed by atoms with Gasteiger partial charge in [0.05, 0.1) is 0 Å². The molecule has 0 bridgehead atoms. The molecule has 0 aliphatic rings. The summed E-state index contributed by atoms with van der Waals surface area (Å²) in [5.41, 5.74) is 2.25. The van der Waals surface area contributed by atoms with Gasteiger partial charge in [-0.05, 0) is 36.6 Å². The fraction of sp³-hybridized carbons (Fsp3) is 0.278. The van der Waals surface area contributed by atoms with E-state index in [0.717, 1.165) is 11.1 Å². The number of phenolic OH excluding ortho intramolecular Hbond substituents is 1. The molecule has 2 aromatic rings. The summed E-state index contributed by atoms with van der Waals surface area (Å²) in [6.45, 7) is 2.29. The molecule has 4 heteroatoms. The van der Waals surface area contributed by atoms with Crippen molar-refractivity contribution in [3.05, 3.63) is 65.2 Å². The second-order valence-corrected chi connectivity index (χ2v) is 5.33. The molecule has 0 saturated heterocycles. The molecule has 1 unspecified atom stereocenters. The number of hydrogen-bond donors (Lipinski definition) is 3. The Morgan fingerprint density at radius 3 is 2.55 bits per heavy atom. The smallest absolute Gasteiger partial charge is 0.251 e. The lowest BCUT2D eigenvalue weighted by Crippen LogP contribution is -2.28. The van der Waals surface area contributed by atoms with E-state index in [4.69, 9.17) is 0 Å². The van der Waals surface area contributed by atoms with Crippen molar-refractivity contribution >= 4 is 5.91 Å². The van der Waals surface area contributed by atoms with Crippen molar-refractivity contribution in [2.45, 2.75) is 19.3 Å². The van der Waals surface area contributed by atoms with Crippen molar-refractivity contribution in [1.82, 2.24) is 5.32 Å². The van der Waals surface area contributed by atoms with Crippen LogP contribution in [0.2, 0.25) is 0 Å². The minimum Gasteiger partial charge on any atom is -0.508 e. The summed E-state index contributed by atoms with van der Waals surface area (Å²) >= 11 is 0. The Hall–Kier alpha value is -2.33. The van der Waals surface area contributed by atoms with E-state index in [-0.39, 0.29) is 24.2 Å². The number of carbonyl (C=O) groups is 1. The maximum Gasteiger partial charge on any atom is 0.251 e. The summed E-state index contributed by atoms with van der Waals surface area (Å²) in [4.78, 5) is 12.2. The fourth-order valence-electron chi connectivity index (χ4n) is 2.34. The minimum atomic E-state index is -0.228. The highest BCUT2D eigenvalue weighted by Crippen LogP contribution is 2.20. The molecule has 0 radical (unpaired) electrons. The van der Waals surface area contributed by atoms with Gasteiger partial charge >= 0.3 is 0 Å². The Morgan fingerprint density at radius 1 is 1.18 bits per heavy atom. The molecule has 0 aliphatic carbocycles. The van der Waals surface area contributed by atoms with Crippen LogP contribution in [-0.4, -0.2) is 29.3 Å². The number of benzene rings is 2. The SMILES string of the molecule is Cc1ccc(C(=O)NCC(CCO)c2ccccc2)cc1O. The number of carbonyl (C=O) groups excluding carboxylic acids is 1. The molecule has 0 aromatic heterocycles. The first-order valence-electron chi connectivity index (χ1n) is 7.35. The van der Waals surface area contributed by atoms with Crippen LogP contribution in [0, 0.1) is 6.92 Å². The molecule has 4 nitrogen and oxygen atoms in total. The van der Waals surface area contributed by atoms with Crippen LogP contribution in [0.1, 0.15) is 33.8 Å². The predicted octanol–water partition coefficient (Wildman–Crippen LogP) is 2.60. The monoisotopic (exact) mass is 299 g/mol. The van der Waals surface area contributed by atoms with Gasteiger partial charge in [0, 0.05) is 24.6 Å². The first-order valence-corrected chi connectivity index (χ1v) is 7.35. The summed E-state index contributed by atoms with van der Waals surface area (Å²) < 4.78 is 0. The molecule has 2 rings (SSSR count). The number of hydrogen-bond acceptors (Lipinski definition) is 3. The molecular formula is C18H21NO3. The molecule has 0 aliphatic heterocycles. The van der Waals surface area contributed by atoms with Gasteiger partial charge in [0.2, 0.25) is 0 Å². The van der Waals surface area contributed by atoms with E-state index in [1.54, 1.807) is 19.1 Å². The van der Waals surface area contributed by atoms with Crippen LogP contribution >= 0.6 is 0 Å². The molecule has 0 heterocycles. The maximum absolute atomic E-state index is 12.2. The highest BCUT2D eigenvalue weighted by Gasteiger charge is 2.14. The molecular weight excluding hydrogens is 278 g/mol. The first kappa shape index (κ1) is 16.0. The Morgan fingerprint density at radius 2 is 1.91 bits per heavy atom. The zero-order valence-corrected chi connectivity index (χ0v) is 12.6. The van der Waals surface area contributed by atoms with Crippen LogP contribution in [0.3, 0.4) is 0 Å². The Labute approximate surface area is 130 Å². The first-order chi connectivity index (χ1) is 10.6. The largest absolute Gasteiger partial charge is 0.508 e. The van der Waals surface area contributed by atoms with Crippen LogP contribution in [-0.2, 0) is 0 Å². The van der Waals surface area contributed by atoms with E-state index in [1.165, 1.54) is 6.07 Å². The lowest BCUT2D eigenvalue weighted by atomic mass is 9.96. The number of phenols is 1. The highest BCUT2D eigenvalue weighted by molar-refractivity contribution is 5.94. The number of aryl methyl sites for hydroxylation is 1. The van der Waals surface area contributed by atoms with Gasteiger partial charge in [0.15, 0.2) is 0 Å². The Kier molecular flexibility index (Phi) is 5.55. The maximum atomic E-state index is 12.2. The highest BCUT2D eigenvalue weighted by atomic mass is 16.3. The Balaban J connectivity index is 2.02. The van der Waals surface area contributed by atoms with Crippen molar-refractivity contribution in [1.29, 1.82) is 0 Å². The quantitative estimate of drug-likeness (QED) is 0.768. The van der Waals surface area contributed by atoms with Gasteiger partial charge in [0.25, 0.3) is 5.91 Å². The van der Waals surface area contributed by atoms with E-state index in [2.05, 4.69) is 5.32 Å². The van der Waals surface area contributed by atoms with E-state index >= 15 is 0 Å². The minimum absolute atomic E-state index is 0.0641. The van der Waals surface area contributed by atoms with Crippen LogP contribution in [0.25, 0.3) is 0 Å². The molecule has 0 fully saturated rings. The van der Waals surface area contributed by atoms with Crippen LogP contribution in [0.5, 0.6) is 5.75 Å². The van der Waals surface area contributed by atoms with Crippen LogP contribution < -0.4 is 5.32 Å². The number of aliphatic hydroxyl groups is 1. The third-order valence-corrected chi connectivity index (χ3v) is 3.73. The van der Waals surface area contributed by atoms with Gasteiger partial charge in [-0.15, -0.1) is 0 Å². The summed E-state index contributed by atoms with van der Waals surface area (Å²) in [6, 6.07) is 14.7. The van der Waals surface area contributed by atoms with Gasteiger partial charge < -0.3 is 15.5 Å². The van der Waals surface area contributed by atoms with Crippen molar-refractivity contribution in [2.75, 3.05) is 13.2 Å².